The van der Waals surface area contributed by atoms with Crippen LogP contribution in [0.5, 0.6) is 0 Å². The van der Waals surface area contributed by atoms with Gasteiger partial charge in [0.05, 0.1) is 5.69 Å². The van der Waals surface area contributed by atoms with Crippen molar-refractivity contribution in [2.45, 2.75) is 58.5 Å². The Hall–Kier alpha value is -3.69. The van der Waals surface area contributed by atoms with Gasteiger partial charge in [0.2, 0.25) is 0 Å². The van der Waals surface area contributed by atoms with Gasteiger partial charge in [-0.15, -0.1) is 0 Å². The number of nitrogens with two attached hydrogens (primary N) is 2. The number of fused-ring (bicyclic) bond motifs is 1. The highest BCUT2D eigenvalue weighted by Gasteiger charge is 2.17. The molecule has 182 valence electrons. The van der Waals surface area contributed by atoms with Crippen molar-refractivity contribution >= 4 is 23.5 Å². The van der Waals surface area contributed by atoms with Crippen LogP contribution in [0.4, 0.5) is 10.6 Å². The Bertz CT molecular complexity index is 1120. The van der Waals surface area contributed by atoms with Crippen molar-refractivity contribution in [1.82, 2.24) is 19.4 Å². The first-order chi connectivity index (χ1) is 16.1. The van der Waals surface area contributed by atoms with Crippen LogP contribution in [0.3, 0.4) is 0 Å². The van der Waals surface area contributed by atoms with E-state index in [2.05, 4.69) is 20.0 Å². The topological polar surface area (TPSA) is 151 Å². The molecule has 4 rings (SSSR count). The highest BCUT2D eigenvalue weighted by atomic mass is 16.6. The molecule has 3 aromatic rings. The Morgan fingerprint density at radius 3 is 2.32 bits per heavy atom. The number of hydrogen-bond donors (Lipinski definition) is 3. The average Bonchev–Trinajstić information content (AvgIpc) is 3.22. The first kappa shape index (κ1) is 24.9. The Balaban J connectivity index is 0.000000350. The lowest BCUT2D eigenvalue weighted by atomic mass is 9.89. The monoisotopic (exact) mass is 467 g/mol. The number of primary amides is 2. The van der Waals surface area contributed by atoms with Crippen molar-refractivity contribution < 1.29 is 14.3 Å². The third-order valence-corrected chi connectivity index (χ3v) is 5.36. The molecule has 10 heteroatoms. The van der Waals surface area contributed by atoms with Crippen molar-refractivity contribution in [1.29, 1.82) is 0 Å². The number of nitrogens with zero attached hydrogens (tertiary/aromatic N) is 4. The van der Waals surface area contributed by atoms with Crippen LogP contribution < -0.4 is 16.8 Å². The summed E-state index contributed by atoms with van der Waals surface area (Å²) in [6.45, 7) is 6.15. The minimum atomic E-state index is -0.725. The summed E-state index contributed by atoms with van der Waals surface area (Å²) >= 11 is 0. The predicted molar refractivity (Wildman–Crippen MR) is 130 cm³/mol. The maximum absolute atomic E-state index is 11.5. The van der Waals surface area contributed by atoms with Crippen LogP contribution in [-0.4, -0.2) is 43.5 Å². The number of amides is 2. The summed E-state index contributed by atoms with van der Waals surface area (Å²) in [4.78, 5) is 34.7. The average molecular weight is 468 g/mol. The molecule has 0 spiro atoms. The Morgan fingerprint density at radius 2 is 1.76 bits per heavy atom. The summed E-state index contributed by atoms with van der Waals surface area (Å²) in [7, 11) is 0. The Morgan fingerprint density at radius 1 is 1.09 bits per heavy atom. The number of carbonyl (C=O) groups excluding carboxylic acids is 2. The molecule has 2 amide bonds. The standard InChI is InChI=1S/C19H22N6O.C5H11NO2/c20-17(26)16-12-25-11-15(14-6-8-21-9-7-14)23-18(19(25)24-16)22-10-13-4-2-1-3-5-13;1-5(2,3)8-4(6)7/h6-9,11-13H,1-5,10H2,(H2,20,26)(H,22,23);1-3H3,(H2,6,7). The van der Waals surface area contributed by atoms with E-state index in [4.69, 9.17) is 16.5 Å². The van der Waals surface area contributed by atoms with Crippen LogP contribution in [0.15, 0.2) is 36.9 Å². The number of ether oxygens (including phenoxy) is 1. The molecule has 0 atom stereocenters. The fourth-order valence-electron chi connectivity index (χ4n) is 3.83. The Labute approximate surface area is 199 Å². The van der Waals surface area contributed by atoms with E-state index < -0.39 is 17.6 Å². The van der Waals surface area contributed by atoms with Crippen molar-refractivity contribution in [3.63, 3.8) is 0 Å². The van der Waals surface area contributed by atoms with Gasteiger partial charge in [-0.1, -0.05) is 19.3 Å². The molecule has 10 nitrogen and oxygen atoms in total. The summed E-state index contributed by atoms with van der Waals surface area (Å²) in [6, 6.07) is 3.82. The number of imidazole rings is 1. The highest BCUT2D eigenvalue weighted by Crippen LogP contribution is 2.26. The van der Waals surface area contributed by atoms with Gasteiger partial charge in [-0.3, -0.25) is 9.78 Å². The number of pyridine rings is 1. The Kier molecular flexibility index (Phi) is 8.04. The normalized spacial score (nSPS) is 14.2. The second-order valence-electron chi connectivity index (χ2n) is 9.35. The molecule has 0 saturated heterocycles. The molecule has 0 bridgehead atoms. The minimum Gasteiger partial charge on any atom is -0.444 e. The fraction of sp³-hybridized carbons (Fsp3) is 0.458. The maximum atomic E-state index is 11.5. The van der Waals surface area contributed by atoms with Gasteiger partial charge in [0, 0.05) is 36.9 Å². The van der Waals surface area contributed by atoms with Crippen LogP contribution in [0.2, 0.25) is 0 Å². The van der Waals surface area contributed by atoms with E-state index in [0.29, 0.717) is 17.4 Å². The molecule has 0 radical (unpaired) electrons. The van der Waals surface area contributed by atoms with Crippen LogP contribution in [0, 0.1) is 5.92 Å². The molecule has 1 aliphatic rings. The van der Waals surface area contributed by atoms with Crippen LogP contribution in [0.1, 0.15) is 63.4 Å². The van der Waals surface area contributed by atoms with E-state index in [-0.39, 0.29) is 5.69 Å². The first-order valence-corrected chi connectivity index (χ1v) is 11.4. The molecular weight excluding hydrogens is 434 g/mol. The fourth-order valence-corrected chi connectivity index (χ4v) is 3.83. The number of carbonyl (C=O) groups is 2. The van der Waals surface area contributed by atoms with Crippen molar-refractivity contribution in [2.75, 3.05) is 11.9 Å². The van der Waals surface area contributed by atoms with Gasteiger partial charge >= 0.3 is 6.09 Å². The number of nitrogens with one attached hydrogen (secondary N) is 1. The highest BCUT2D eigenvalue weighted by molar-refractivity contribution is 5.92. The zero-order valence-electron chi connectivity index (χ0n) is 20.0. The summed E-state index contributed by atoms with van der Waals surface area (Å²) in [5.74, 6) is 0.788. The maximum Gasteiger partial charge on any atom is 0.405 e. The van der Waals surface area contributed by atoms with E-state index in [0.717, 1.165) is 17.8 Å². The number of aromatic nitrogens is 4. The summed E-state index contributed by atoms with van der Waals surface area (Å²) in [5, 5.41) is 3.46. The van der Waals surface area contributed by atoms with Gasteiger partial charge in [0.1, 0.15) is 11.3 Å². The third-order valence-electron chi connectivity index (χ3n) is 5.36. The number of hydrogen-bond acceptors (Lipinski definition) is 7. The van der Waals surface area contributed by atoms with E-state index in [1.165, 1.54) is 32.1 Å². The number of rotatable bonds is 5. The molecular formula is C24H33N7O3. The molecule has 1 saturated carbocycles. The lowest BCUT2D eigenvalue weighted by Crippen LogP contribution is -2.27. The molecule has 1 fully saturated rings. The number of anilines is 1. The molecule has 34 heavy (non-hydrogen) atoms. The van der Waals surface area contributed by atoms with Gasteiger partial charge in [-0.05, 0) is 51.7 Å². The van der Waals surface area contributed by atoms with Gasteiger partial charge in [-0.2, -0.15) is 0 Å². The lowest BCUT2D eigenvalue weighted by molar-refractivity contribution is 0.0600. The van der Waals surface area contributed by atoms with Crippen molar-refractivity contribution in [2.24, 2.45) is 17.4 Å². The van der Waals surface area contributed by atoms with Crippen LogP contribution in [-0.2, 0) is 4.74 Å². The van der Waals surface area contributed by atoms with Gasteiger partial charge in [-0.25, -0.2) is 14.8 Å². The second-order valence-corrected chi connectivity index (χ2v) is 9.35. The summed E-state index contributed by atoms with van der Waals surface area (Å²) in [5.41, 5.74) is 12.3. The molecule has 3 aromatic heterocycles. The molecule has 1 aliphatic carbocycles. The molecule has 0 aliphatic heterocycles. The molecule has 0 unspecified atom stereocenters. The predicted octanol–water partition coefficient (Wildman–Crippen LogP) is 3.76. The summed E-state index contributed by atoms with van der Waals surface area (Å²) in [6.07, 6.45) is 12.7. The van der Waals surface area contributed by atoms with Gasteiger partial charge < -0.3 is 25.9 Å². The van der Waals surface area contributed by atoms with Gasteiger partial charge in [0.15, 0.2) is 11.5 Å². The minimum absolute atomic E-state index is 0.236. The SMILES string of the molecule is CC(C)(C)OC(N)=O.NC(=O)c1cn2cc(-c3ccncc3)nc(NCC3CCCCC3)c2n1. The van der Waals surface area contributed by atoms with Crippen molar-refractivity contribution in [3.05, 3.63) is 42.6 Å². The van der Waals surface area contributed by atoms with Gasteiger partial charge in [0.25, 0.3) is 5.91 Å². The van der Waals surface area contributed by atoms with E-state index >= 15 is 0 Å². The molecule has 3 heterocycles. The zero-order valence-corrected chi connectivity index (χ0v) is 20.0. The largest absolute Gasteiger partial charge is 0.444 e. The lowest BCUT2D eigenvalue weighted by Gasteiger charge is -2.22. The van der Waals surface area contributed by atoms with Crippen LogP contribution in [0.25, 0.3) is 16.9 Å². The third kappa shape index (κ3) is 7.16. The molecule has 0 aromatic carbocycles. The quantitative estimate of drug-likeness (QED) is 0.517. The van der Waals surface area contributed by atoms with E-state index in [1.54, 1.807) is 39.4 Å². The van der Waals surface area contributed by atoms with Crippen molar-refractivity contribution in [3.8, 4) is 11.3 Å². The molecule has 5 N–H and O–H groups in total. The second kappa shape index (κ2) is 11.0. The summed E-state index contributed by atoms with van der Waals surface area (Å²) < 4.78 is 6.39. The van der Waals surface area contributed by atoms with Crippen LogP contribution >= 0.6 is 0 Å². The first-order valence-electron chi connectivity index (χ1n) is 11.4. The van der Waals surface area contributed by atoms with E-state index in [9.17, 15) is 9.59 Å². The zero-order chi connectivity index (χ0) is 24.7. The van der Waals surface area contributed by atoms with E-state index in [1.807, 2.05) is 22.7 Å². The smallest absolute Gasteiger partial charge is 0.405 e.